The minimum Gasteiger partial charge on any atom is -0.456 e. The normalized spacial score (nSPS) is 11.6. The summed E-state index contributed by atoms with van der Waals surface area (Å²) in [6, 6.07) is 69.8. The predicted molar refractivity (Wildman–Crippen MR) is 231 cm³/mol. The molecule has 5 heteroatoms. The van der Waals surface area contributed by atoms with Crippen LogP contribution in [0.2, 0.25) is 0 Å². The Labute approximate surface area is 322 Å². The van der Waals surface area contributed by atoms with Gasteiger partial charge in [0.2, 0.25) is 5.89 Å². The average Bonchev–Trinajstić information content (AvgIpc) is 3.88. The summed E-state index contributed by atoms with van der Waals surface area (Å²) in [5.41, 5.74) is 10.3. The maximum absolute atomic E-state index is 6.79. The van der Waals surface area contributed by atoms with Gasteiger partial charge in [-0.2, -0.15) is 0 Å². The zero-order valence-corrected chi connectivity index (χ0v) is 30.2. The smallest absolute Gasteiger partial charge is 0.227 e. The van der Waals surface area contributed by atoms with Crippen LogP contribution in [0.25, 0.3) is 66.0 Å². The van der Waals surface area contributed by atoms with E-state index in [2.05, 4.69) is 168 Å². The van der Waals surface area contributed by atoms with Crippen LogP contribution in [0.3, 0.4) is 0 Å². The number of anilines is 6. The van der Waals surface area contributed by atoms with Gasteiger partial charge in [-0.15, -0.1) is 0 Å². The molecule has 0 amide bonds. The highest BCUT2D eigenvalue weighted by Crippen LogP contribution is 2.46. The van der Waals surface area contributed by atoms with Gasteiger partial charge in [-0.05, 0) is 113 Å². The molecule has 2 aromatic heterocycles. The number of para-hydroxylation sites is 3. The maximum atomic E-state index is 6.79. The first-order chi connectivity index (χ1) is 27.7. The lowest BCUT2D eigenvalue weighted by molar-refractivity contribution is 0.623. The van der Waals surface area contributed by atoms with E-state index in [9.17, 15) is 0 Å². The molecule has 0 aliphatic heterocycles. The SMILES string of the molecule is c1ccc(-c2nc3c(N(c4ccccc4)c4ccc5ccccc5c4)cc4cc(N(c5ccccc5)c5ccc6oc7ccccc7c6c5)ccc4c3o2)cc1. The summed E-state index contributed by atoms with van der Waals surface area (Å²) in [6.07, 6.45) is 0. The summed E-state index contributed by atoms with van der Waals surface area (Å²) in [7, 11) is 0. The Kier molecular flexibility index (Phi) is 7.42. The molecule has 0 saturated carbocycles. The van der Waals surface area contributed by atoms with Crippen LogP contribution >= 0.6 is 0 Å². The molecule has 2 heterocycles. The molecule has 11 rings (SSSR count). The van der Waals surface area contributed by atoms with Crippen molar-refractivity contribution in [3.05, 3.63) is 200 Å². The first-order valence-electron chi connectivity index (χ1n) is 18.8. The summed E-state index contributed by atoms with van der Waals surface area (Å²) in [6.45, 7) is 0. The Morgan fingerprint density at radius 1 is 0.357 bits per heavy atom. The molecule has 56 heavy (non-hydrogen) atoms. The van der Waals surface area contributed by atoms with Gasteiger partial charge in [-0.25, -0.2) is 4.98 Å². The quantitative estimate of drug-likeness (QED) is 0.164. The van der Waals surface area contributed by atoms with Crippen LogP contribution in [-0.4, -0.2) is 4.98 Å². The summed E-state index contributed by atoms with van der Waals surface area (Å²) >= 11 is 0. The van der Waals surface area contributed by atoms with E-state index in [-0.39, 0.29) is 0 Å². The van der Waals surface area contributed by atoms with Gasteiger partial charge in [0.25, 0.3) is 0 Å². The van der Waals surface area contributed by atoms with Gasteiger partial charge in [0.15, 0.2) is 5.58 Å². The van der Waals surface area contributed by atoms with E-state index in [1.165, 1.54) is 5.39 Å². The number of benzene rings is 9. The van der Waals surface area contributed by atoms with Crippen LogP contribution in [0.1, 0.15) is 0 Å². The lowest BCUT2D eigenvalue weighted by Gasteiger charge is -2.27. The van der Waals surface area contributed by atoms with Crippen molar-refractivity contribution in [2.45, 2.75) is 0 Å². The Hall–Kier alpha value is -7.63. The van der Waals surface area contributed by atoms with Gasteiger partial charge in [-0.1, -0.05) is 103 Å². The van der Waals surface area contributed by atoms with Crippen LogP contribution in [0.5, 0.6) is 0 Å². The lowest BCUT2D eigenvalue weighted by atomic mass is 10.0. The summed E-state index contributed by atoms with van der Waals surface area (Å²) in [4.78, 5) is 9.84. The highest BCUT2D eigenvalue weighted by Gasteiger charge is 2.24. The van der Waals surface area contributed by atoms with Crippen LogP contribution in [-0.2, 0) is 0 Å². The van der Waals surface area contributed by atoms with E-state index in [0.29, 0.717) is 5.89 Å². The van der Waals surface area contributed by atoms with Gasteiger partial charge in [-0.3, -0.25) is 0 Å². The van der Waals surface area contributed by atoms with Gasteiger partial charge in [0.05, 0.1) is 5.69 Å². The molecule has 0 saturated heterocycles. The second-order valence-corrected chi connectivity index (χ2v) is 14.0. The Morgan fingerprint density at radius 3 is 1.75 bits per heavy atom. The molecule has 0 unspecified atom stereocenters. The molecule has 9 aromatic carbocycles. The summed E-state index contributed by atoms with van der Waals surface area (Å²) in [5, 5.41) is 6.53. The van der Waals surface area contributed by atoms with E-state index in [1.807, 2.05) is 42.5 Å². The van der Waals surface area contributed by atoms with E-state index in [1.54, 1.807) is 0 Å². The lowest BCUT2D eigenvalue weighted by Crippen LogP contribution is -2.11. The second-order valence-electron chi connectivity index (χ2n) is 14.0. The van der Waals surface area contributed by atoms with E-state index in [4.69, 9.17) is 13.8 Å². The monoisotopic (exact) mass is 719 g/mol. The third kappa shape index (κ3) is 5.37. The molecule has 0 spiro atoms. The third-order valence-corrected chi connectivity index (χ3v) is 10.6. The van der Waals surface area contributed by atoms with Crippen molar-refractivity contribution < 1.29 is 8.83 Å². The number of oxazole rings is 1. The number of furan rings is 1. The van der Waals surface area contributed by atoms with Crippen molar-refractivity contribution in [3.8, 4) is 11.5 Å². The van der Waals surface area contributed by atoms with Gasteiger partial charge >= 0.3 is 0 Å². The van der Waals surface area contributed by atoms with Gasteiger partial charge in [0.1, 0.15) is 16.7 Å². The number of fused-ring (bicyclic) bond motifs is 7. The Bertz CT molecular complexity index is 3210. The molecule has 264 valence electrons. The Balaban J connectivity index is 1.17. The highest BCUT2D eigenvalue weighted by molar-refractivity contribution is 6.13. The van der Waals surface area contributed by atoms with Crippen molar-refractivity contribution in [2.75, 3.05) is 9.80 Å². The summed E-state index contributed by atoms with van der Waals surface area (Å²) in [5.74, 6) is 0.580. The number of nitrogens with zero attached hydrogens (tertiary/aromatic N) is 3. The maximum Gasteiger partial charge on any atom is 0.227 e. The Morgan fingerprint density at radius 2 is 0.946 bits per heavy atom. The largest absolute Gasteiger partial charge is 0.456 e. The molecule has 0 aliphatic rings. The van der Waals surface area contributed by atoms with Crippen molar-refractivity contribution >= 4 is 88.7 Å². The molecule has 0 fully saturated rings. The van der Waals surface area contributed by atoms with Crippen molar-refractivity contribution in [1.29, 1.82) is 0 Å². The molecule has 5 nitrogen and oxygen atoms in total. The van der Waals surface area contributed by atoms with Crippen LogP contribution in [0.15, 0.2) is 209 Å². The minimum absolute atomic E-state index is 0.580. The van der Waals surface area contributed by atoms with E-state index < -0.39 is 0 Å². The first kappa shape index (κ1) is 31.9. The first-order valence-corrected chi connectivity index (χ1v) is 18.8. The number of hydrogen-bond acceptors (Lipinski definition) is 5. The molecular formula is C51H33N3O2. The average molecular weight is 720 g/mol. The fourth-order valence-electron chi connectivity index (χ4n) is 7.98. The molecule has 0 radical (unpaired) electrons. The molecule has 0 bridgehead atoms. The molecule has 0 aliphatic carbocycles. The summed E-state index contributed by atoms with van der Waals surface area (Å²) < 4.78 is 13.0. The number of aromatic nitrogens is 1. The van der Waals surface area contributed by atoms with Crippen LogP contribution in [0.4, 0.5) is 34.1 Å². The second kappa shape index (κ2) is 13.0. The van der Waals surface area contributed by atoms with Crippen molar-refractivity contribution in [3.63, 3.8) is 0 Å². The van der Waals surface area contributed by atoms with Crippen molar-refractivity contribution in [1.82, 2.24) is 4.98 Å². The standard InChI is InChI=1S/C51H33N3O2/c1-4-15-35(16-5-1)51-52-49-46(54(39-20-8-3-9-21-39)41-25-24-34-14-10-11-17-36(34)30-41)32-37-31-40(26-28-43(37)50(49)56-51)53(38-18-6-2-7-19-38)42-27-29-48-45(33-42)44-22-12-13-23-47(44)55-48/h1-33H. The van der Waals surface area contributed by atoms with Gasteiger partial charge in [0, 0.05) is 50.2 Å². The fraction of sp³-hybridized carbons (Fsp3) is 0. The number of rotatable bonds is 7. The van der Waals surface area contributed by atoms with E-state index >= 15 is 0 Å². The topological polar surface area (TPSA) is 45.7 Å². The number of hydrogen-bond donors (Lipinski definition) is 0. The van der Waals surface area contributed by atoms with Crippen LogP contribution in [0, 0.1) is 0 Å². The molecule has 0 atom stereocenters. The molecule has 0 N–H and O–H groups in total. The molecular weight excluding hydrogens is 687 g/mol. The molecule has 11 aromatic rings. The van der Waals surface area contributed by atoms with Crippen LogP contribution < -0.4 is 9.80 Å². The van der Waals surface area contributed by atoms with Crippen molar-refractivity contribution in [2.24, 2.45) is 0 Å². The minimum atomic E-state index is 0.580. The predicted octanol–water partition coefficient (Wildman–Crippen LogP) is 14.6. The third-order valence-electron chi connectivity index (χ3n) is 10.6. The zero-order chi connectivity index (χ0) is 37.0. The van der Waals surface area contributed by atoms with E-state index in [0.717, 1.165) is 88.9 Å². The fourth-order valence-corrected chi connectivity index (χ4v) is 7.98. The zero-order valence-electron chi connectivity index (χ0n) is 30.2. The van der Waals surface area contributed by atoms with Gasteiger partial charge < -0.3 is 18.6 Å². The highest BCUT2D eigenvalue weighted by atomic mass is 16.3.